The fourth-order valence-electron chi connectivity index (χ4n) is 2.60. The Morgan fingerprint density at radius 3 is 2.03 bits per heavy atom. The lowest BCUT2D eigenvalue weighted by Crippen LogP contribution is -2.14. The summed E-state index contributed by atoms with van der Waals surface area (Å²) < 4.78 is 77.9. The van der Waals surface area contributed by atoms with Gasteiger partial charge in [-0.1, -0.05) is 6.07 Å². The lowest BCUT2D eigenvalue weighted by molar-refractivity contribution is -0.143. The summed E-state index contributed by atoms with van der Waals surface area (Å²) in [6.07, 6.45) is -10.2. The standard InChI is InChI=1S/C19H11F6N3O3/c20-18(21,22)14-9-15(19(23,24)25)28(27-14)13-6-4-12(5-7-13)26-16(29)10-2-1-3-11(8-10)17(30)31/h1-9H,(H,26,29)(H,30,31). The Morgan fingerprint density at radius 2 is 1.48 bits per heavy atom. The van der Waals surface area contributed by atoms with Gasteiger partial charge in [0.1, 0.15) is 5.69 Å². The molecule has 12 heteroatoms. The minimum Gasteiger partial charge on any atom is -0.478 e. The molecule has 1 amide bonds. The maximum absolute atomic E-state index is 13.1. The molecule has 3 rings (SSSR count). The molecule has 2 aromatic carbocycles. The van der Waals surface area contributed by atoms with Crippen molar-refractivity contribution >= 4 is 17.6 Å². The van der Waals surface area contributed by atoms with E-state index in [1.807, 2.05) is 0 Å². The van der Waals surface area contributed by atoms with Crippen LogP contribution in [0.2, 0.25) is 0 Å². The van der Waals surface area contributed by atoms with Gasteiger partial charge >= 0.3 is 18.3 Å². The highest BCUT2D eigenvalue weighted by atomic mass is 19.4. The summed E-state index contributed by atoms with van der Waals surface area (Å²) in [4.78, 5) is 23.2. The number of nitrogens with one attached hydrogen (secondary N) is 1. The second-order valence-electron chi connectivity index (χ2n) is 6.21. The Labute approximate surface area is 169 Å². The first kappa shape index (κ1) is 21.9. The molecule has 0 radical (unpaired) electrons. The number of rotatable bonds is 4. The van der Waals surface area contributed by atoms with E-state index in [9.17, 15) is 35.9 Å². The molecular formula is C19H11F6N3O3. The van der Waals surface area contributed by atoms with Crippen LogP contribution < -0.4 is 5.32 Å². The number of aromatic carboxylic acids is 1. The van der Waals surface area contributed by atoms with Gasteiger partial charge in [0, 0.05) is 17.3 Å². The van der Waals surface area contributed by atoms with Crippen molar-refractivity contribution in [2.75, 3.05) is 5.32 Å². The highest BCUT2D eigenvalue weighted by Gasteiger charge is 2.42. The van der Waals surface area contributed by atoms with Crippen LogP contribution in [0.1, 0.15) is 32.1 Å². The number of carboxylic acid groups (broad SMARTS) is 1. The van der Waals surface area contributed by atoms with Gasteiger partial charge in [0.2, 0.25) is 0 Å². The summed E-state index contributed by atoms with van der Waals surface area (Å²) in [5, 5.41) is 14.4. The third-order valence-electron chi connectivity index (χ3n) is 4.03. The van der Waals surface area contributed by atoms with Crippen LogP contribution in [-0.4, -0.2) is 26.8 Å². The quantitative estimate of drug-likeness (QED) is 0.564. The van der Waals surface area contributed by atoms with E-state index in [1.54, 1.807) is 0 Å². The molecule has 3 aromatic rings. The fraction of sp³-hybridized carbons (Fsp3) is 0.105. The summed E-state index contributed by atoms with van der Waals surface area (Å²) in [5.74, 6) is -1.93. The molecule has 0 atom stereocenters. The number of anilines is 1. The van der Waals surface area contributed by atoms with Crippen LogP contribution in [0.15, 0.2) is 54.6 Å². The Kier molecular flexibility index (Phi) is 5.49. The number of amides is 1. The van der Waals surface area contributed by atoms with Crippen molar-refractivity contribution in [2.24, 2.45) is 0 Å². The Bertz CT molecular complexity index is 1130. The monoisotopic (exact) mass is 443 g/mol. The lowest BCUT2D eigenvalue weighted by Gasteiger charge is -2.11. The van der Waals surface area contributed by atoms with E-state index >= 15 is 0 Å². The number of alkyl halides is 6. The van der Waals surface area contributed by atoms with Gasteiger partial charge < -0.3 is 10.4 Å². The zero-order valence-electron chi connectivity index (χ0n) is 15.1. The van der Waals surface area contributed by atoms with E-state index < -0.39 is 35.6 Å². The molecular weight excluding hydrogens is 432 g/mol. The molecule has 162 valence electrons. The van der Waals surface area contributed by atoms with E-state index in [4.69, 9.17) is 5.11 Å². The summed E-state index contributed by atoms with van der Waals surface area (Å²) in [7, 11) is 0. The number of nitrogens with zero attached hydrogens (tertiary/aromatic N) is 2. The van der Waals surface area contributed by atoms with Gasteiger partial charge in [-0.15, -0.1) is 0 Å². The van der Waals surface area contributed by atoms with Gasteiger partial charge in [0.25, 0.3) is 5.91 Å². The number of halogens is 6. The van der Waals surface area contributed by atoms with Gasteiger partial charge in [-0.05, 0) is 42.5 Å². The van der Waals surface area contributed by atoms with Crippen molar-refractivity contribution in [3.05, 3.63) is 77.1 Å². The summed E-state index contributed by atoms with van der Waals surface area (Å²) in [5.41, 5.74) is -3.61. The van der Waals surface area contributed by atoms with Crippen molar-refractivity contribution in [3.8, 4) is 5.69 Å². The van der Waals surface area contributed by atoms with Crippen LogP contribution in [0, 0.1) is 0 Å². The first-order valence-electron chi connectivity index (χ1n) is 8.36. The Morgan fingerprint density at radius 1 is 0.871 bits per heavy atom. The second-order valence-corrected chi connectivity index (χ2v) is 6.21. The molecule has 31 heavy (non-hydrogen) atoms. The first-order valence-corrected chi connectivity index (χ1v) is 8.36. The van der Waals surface area contributed by atoms with Crippen molar-refractivity contribution in [1.82, 2.24) is 9.78 Å². The van der Waals surface area contributed by atoms with Gasteiger partial charge in [-0.2, -0.15) is 31.4 Å². The average molecular weight is 443 g/mol. The number of aromatic nitrogens is 2. The summed E-state index contributed by atoms with van der Waals surface area (Å²) in [6.45, 7) is 0. The maximum atomic E-state index is 13.1. The molecule has 0 aliphatic heterocycles. The summed E-state index contributed by atoms with van der Waals surface area (Å²) in [6, 6.07) is 9.47. The third-order valence-corrected chi connectivity index (χ3v) is 4.03. The van der Waals surface area contributed by atoms with Crippen molar-refractivity contribution < 1.29 is 41.0 Å². The van der Waals surface area contributed by atoms with Crippen LogP contribution in [-0.2, 0) is 12.4 Å². The lowest BCUT2D eigenvalue weighted by atomic mass is 10.1. The predicted octanol–water partition coefficient (Wildman–Crippen LogP) is 4.86. The topological polar surface area (TPSA) is 84.2 Å². The average Bonchev–Trinajstić information content (AvgIpc) is 3.15. The molecule has 1 aromatic heterocycles. The van der Waals surface area contributed by atoms with E-state index in [2.05, 4.69) is 10.4 Å². The van der Waals surface area contributed by atoms with E-state index in [1.165, 1.54) is 30.3 Å². The fourth-order valence-corrected chi connectivity index (χ4v) is 2.60. The first-order chi connectivity index (χ1) is 14.4. The van der Waals surface area contributed by atoms with Crippen molar-refractivity contribution in [1.29, 1.82) is 0 Å². The van der Waals surface area contributed by atoms with Crippen LogP contribution in [0.25, 0.3) is 5.69 Å². The number of hydrogen-bond acceptors (Lipinski definition) is 3. The summed E-state index contributed by atoms with van der Waals surface area (Å²) >= 11 is 0. The molecule has 0 saturated carbocycles. The number of hydrogen-bond donors (Lipinski definition) is 2. The van der Waals surface area contributed by atoms with E-state index in [-0.39, 0.29) is 33.2 Å². The van der Waals surface area contributed by atoms with Gasteiger partial charge in [0.05, 0.1) is 11.3 Å². The highest BCUT2D eigenvalue weighted by Crippen LogP contribution is 2.36. The molecule has 0 aliphatic rings. The number of carbonyl (C=O) groups excluding carboxylic acids is 1. The van der Waals surface area contributed by atoms with E-state index in [0.29, 0.717) is 0 Å². The molecule has 1 heterocycles. The van der Waals surface area contributed by atoms with Gasteiger partial charge in [0.15, 0.2) is 5.69 Å². The van der Waals surface area contributed by atoms with Gasteiger partial charge in [-0.25, -0.2) is 9.48 Å². The molecule has 0 fully saturated rings. The molecule has 0 aliphatic carbocycles. The van der Waals surface area contributed by atoms with Gasteiger partial charge in [-0.3, -0.25) is 4.79 Å². The Balaban J connectivity index is 1.87. The molecule has 0 bridgehead atoms. The molecule has 6 nitrogen and oxygen atoms in total. The molecule has 0 unspecified atom stereocenters. The van der Waals surface area contributed by atoms with Crippen LogP contribution >= 0.6 is 0 Å². The third kappa shape index (κ3) is 4.85. The normalized spacial score (nSPS) is 11.9. The zero-order valence-corrected chi connectivity index (χ0v) is 15.1. The minimum atomic E-state index is -5.08. The largest absolute Gasteiger partial charge is 0.478 e. The highest BCUT2D eigenvalue weighted by molar-refractivity contribution is 6.05. The predicted molar refractivity (Wildman–Crippen MR) is 94.9 cm³/mol. The Hall–Kier alpha value is -3.83. The van der Waals surface area contributed by atoms with E-state index in [0.717, 1.165) is 18.2 Å². The van der Waals surface area contributed by atoms with Crippen LogP contribution in [0.4, 0.5) is 32.0 Å². The number of carbonyl (C=O) groups is 2. The molecule has 0 spiro atoms. The number of carboxylic acids is 1. The zero-order chi connectivity index (χ0) is 23.0. The molecule has 2 N–H and O–H groups in total. The second kappa shape index (κ2) is 7.78. The molecule has 0 saturated heterocycles. The minimum absolute atomic E-state index is 0.0187. The van der Waals surface area contributed by atoms with Crippen LogP contribution in [0.5, 0.6) is 0 Å². The SMILES string of the molecule is O=C(O)c1cccc(C(=O)Nc2ccc(-n3nc(C(F)(F)F)cc3C(F)(F)F)cc2)c1. The van der Waals surface area contributed by atoms with Crippen molar-refractivity contribution in [2.45, 2.75) is 12.4 Å². The maximum Gasteiger partial charge on any atom is 0.435 e. The number of benzene rings is 2. The smallest absolute Gasteiger partial charge is 0.435 e. The van der Waals surface area contributed by atoms with Crippen LogP contribution in [0.3, 0.4) is 0 Å². The van der Waals surface area contributed by atoms with Crippen molar-refractivity contribution in [3.63, 3.8) is 0 Å².